The minimum Gasteiger partial charge on any atom is -0.456 e. The van der Waals surface area contributed by atoms with Crippen molar-refractivity contribution in [3.63, 3.8) is 0 Å². The molecule has 1 amide bonds. The Hall–Kier alpha value is -2.13. The molecule has 0 saturated heterocycles. The highest BCUT2D eigenvalue weighted by Crippen LogP contribution is 2.22. The summed E-state index contributed by atoms with van der Waals surface area (Å²) < 4.78 is 31.3. The molecule has 0 aliphatic carbocycles. The van der Waals surface area contributed by atoms with Gasteiger partial charge < -0.3 is 10.1 Å². The number of aryl methyl sites for hydroxylation is 1. The first-order chi connectivity index (χ1) is 13.2. The number of hydrogen-bond acceptors (Lipinski definition) is 5. The van der Waals surface area contributed by atoms with E-state index in [1.165, 1.54) is 30.3 Å². The molecule has 0 saturated carbocycles. The Morgan fingerprint density at radius 3 is 2.25 bits per heavy atom. The van der Waals surface area contributed by atoms with Gasteiger partial charge in [-0.25, -0.2) is 13.1 Å². The van der Waals surface area contributed by atoms with Crippen molar-refractivity contribution < 1.29 is 22.7 Å². The molecule has 10 heteroatoms. The Kier molecular flexibility index (Phi) is 7.82. The summed E-state index contributed by atoms with van der Waals surface area (Å²) in [6, 6.07) is 10.8. The first kappa shape index (κ1) is 22.2. The van der Waals surface area contributed by atoms with E-state index in [1.807, 2.05) is 6.92 Å². The van der Waals surface area contributed by atoms with Crippen LogP contribution in [0, 0.1) is 6.92 Å². The van der Waals surface area contributed by atoms with Crippen LogP contribution in [-0.2, 0) is 24.3 Å². The van der Waals surface area contributed by atoms with Gasteiger partial charge in [0.15, 0.2) is 6.61 Å². The molecule has 2 aromatic carbocycles. The third kappa shape index (κ3) is 7.12. The number of carbonyl (C=O) groups excluding carboxylic acids is 2. The zero-order valence-electron chi connectivity index (χ0n) is 14.9. The van der Waals surface area contributed by atoms with Gasteiger partial charge in [-0.1, -0.05) is 40.9 Å². The molecule has 0 aliphatic heterocycles. The summed E-state index contributed by atoms with van der Waals surface area (Å²) in [7, 11) is -3.71. The van der Waals surface area contributed by atoms with Crippen LogP contribution in [0.4, 0.5) is 5.69 Å². The summed E-state index contributed by atoms with van der Waals surface area (Å²) >= 11 is 11.7. The standard InChI is InChI=1S/C18H18Cl2N2O5S/c1-12-2-4-16(5-3-12)28(25,26)21-7-6-18(24)27-11-17(23)22-15-9-13(19)8-14(20)10-15/h2-5,8-10,21H,6-7,11H2,1H3,(H,22,23). The number of benzene rings is 2. The summed E-state index contributed by atoms with van der Waals surface area (Å²) in [4.78, 5) is 23.6. The van der Waals surface area contributed by atoms with Crippen molar-refractivity contribution >= 4 is 50.8 Å². The lowest BCUT2D eigenvalue weighted by Gasteiger charge is -2.09. The first-order valence-electron chi connectivity index (χ1n) is 8.13. The fraction of sp³-hybridized carbons (Fsp3) is 0.222. The minimum absolute atomic E-state index is 0.103. The number of carbonyl (C=O) groups is 2. The highest BCUT2D eigenvalue weighted by Gasteiger charge is 2.15. The molecule has 0 spiro atoms. The fourth-order valence-corrected chi connectivity index (χ4v) is 3.69. The van der Waals surface area contributed by atoms with Crippen LogP contribution >= 0.6 is 23.2 Å². The maximum Gasteiger partial charge on any atom is 0.307 e. The van der Waals surface area contributed by atoms with Gasteiger partial charge in [0.05, 0.1) is 11.3 Å². The monoisotopic (exact) mass is 444 g/mol. The Morgan fingerprint density at radius 1 is 1.04 bits per heavy atom. The van der Waals surface area contributed by atoms with Crippen molar-refractivity contribution in [1.29, 1.82) is 0 Å². The van der Waals surface area contributed by atoms with Crippen LogP contribution in [0.2, 0.25) is 10.0 Å². The van der Waals surface area contributed by atoms with E-state index in [4.69, 9.17) is 27.9 Å². The van der Waals surface area contributed by atoms with Gasteiger partial charge in [-0.3, -0.25) is 9.59 Å². The smallest absolute Gasteiger partial charge is 0.307 e. The second kappa shape index (κ2) is 9.88. The van der Waals surface area contributed by atoms with Crippen LogP contribution in [-0.4, -0.2) is 33.4 Å². The Morgan fingerprint density at radius 2 is 1.64 bits per heavy atom. The lowest BCUT2D eigenvalue weighted by Crippen LogP contribution is -2.28. The lowest BCUT2D eigenvalue weighted by atomic mass is 10.2. The molecule has 2 rings (SSSR count). The van der Waals surface area contributed by atoms with Gasteiger partial charge in [-0.2, -0.15) is 0 Å². The first-order valence-corrected chi connectivity index (χ1v) is 10.4. The van der Waals surface area contributed by atoms with Crippen LogP contribution in [0.25, 0.3) is 0 Å². The topological polar surface area (TPSA) is 102 Å². The number of anilines is 1. The van der Waals surface area contributed by atoms with Crippen molar-refractivity contribution in [3.8, 4) is 0 Å². The number of amides is 1. The molecule has 0 radical (unpaired) electrons. The Bertz CT molecular complexity index is 942. The van der Waals surface area contributed by atoms with E-state index in [-0.39, 0.29) is 17.9 Å². The lowest BCUT2D eigenvalue weighted by molar-refractivity contribution is -0.147. The van der Waals surface area contributed by atoms with E-state index in [0.29, 0.717) is 15.7 Å². The van der Waals surface area contributed by atoms with E-state index in [9.17, 15) is 18.0 Å². The predicted octanol–water partition coefficient (Wildman–Crippen LogP) is 3.15. The van der Waals surface area contributed by atoms with Gasteiger partial charge in [-0.15, -0.1) is 0 Å². The average Bonchev–Trinajstić information content (AvgIpc) is 2.59. The van der Waals surface area contributed by atoms with Gasteiger partial charge in [-0.05, 0) is 37.3 Å². The molecule has 7 nitrogen and oxygen atoms in total. The summed E-state index contributed by atoms with van der Waals surface area (Å²) in [5.74, 6) is -1.29. The molecule has 0 heterocycles. The quantitative estimate of drug-likeness (QED) is 0.608. The van der Waals surface area contributed by atoms with Crippen molar-refractivity contribution in [3.05, 3.63) is 58.1 Å². The molecule has 0 aromatic heterocycles. The largest absolute Gasteiger partial charge is 0.456 e. The highest BCUT2D eigenvalue weighted by atomic mass is 35.5. The van der Waals surface area contributed by atoms with Crippen LogP contribution in [0.3, 0.4) is 0 Å². The number of sulfonamides is 1. The minimum atomic E-state index is -3.71. The fourth-order valence-electron chi connectivity index (χ4n) is 2.13. The van der Waals surface area contributed by atoms with Gasteiger partial charge in [0.1, 0.15) is 0 Å². The summed E-state index contributed by atoms with van der Waals surface area (Å²) in [5, 5.41) is 3.18. The third-order valence-corrected chi connectivity index (χ3v) is 5.38. The molecule has 28 heavy (non-hydrogen) atoms. The van der Waals surface area contributed by atoms with E-state index in [2.05, 4.69) is 10.0 Å². The zero-order valence-corrected chi connectivity index (χ0v) is 17.2. The molecule has 0 aliphatic rings. The van der Waals surface area contributed by atoms with Crippen molar-refractivity contribution in [2.75, 3.05) is 18.5 Å². The maximum atomic E-state index is 12.1. The number of ether oxygens (including phenoxy) is 1. The number of halogens is 2. The van der Waals surface area contributed by atoms with E-state index >= 15 is 0 Å². The number of rotatable bonds is 8. The van der Waals surface area contributed by atoms with Crippen LogP contribution < -0.4 is 10.0 Å². The zero-order chi connectivity index (χ0) is 20.7. The molecule has 2 N–H and O–H groups in total. The molecule has 0 bridgehead atoms. The van der Waals surface area contributed by atoms with Crippen LogP contribution in [0.1, 0.15) is 12.0 Å². The number of nitrogens with one attached hydrogen (secondary N) is 2. The summed E-state index contributed by atoms with van der Waals surface area (Å²) in [6.45, 7) is 1.17. The van der Waals surface area contributed by atoms with E-state index < -0.39 is 28.5 Å². The molecule has 2 aromatic rings. The van der Waals surface area contributed by atoms with Crippen molar-refractivity contribution in [1.82, 2.24) is 4.72 Å². The molecule has 0 unspecified atom stereocenters. The second-order valence-corrected chi connectivity index (χ2v) is 8.47. The van der Waals surface area contributed by atoms with Crippen LogP contribution in [0.15, 0.2) is 47.4 Å². The molecular weight excluding hydrogens is 427 g/mol. The van der Waals surface area contributed by atoms with E-state index in [0.717, 1.165) is 5.56 Å². The van der Waals surface area contributed by atoms with Gasteiger partial charge >= 0.3 is 5.97 Å². The van der Waals surface area contributed by atoms with Gasteiger partial charge in [0, 0.05) is 22.3 Å². The van der Waals surface area contributed by atoms with Gasteiger partial charge in [0.25, 0.3) is 5.91 Å². The second-order valence-electron chi connectivity index (χ2n) is 5.83. The average molecular weight is 445 g/mol. The summed E-state index contributed by atoms with van der Waals surface area (Å²) in [6.07, 6.45) is -0.221. The normalized spacial score (nSPS) is 11.1. The van der Waals surface area contributed by atoms with Crippen molar-refractivity contribution in [2.24, 2.45) is 0 Å². The maximum absolute atomic E-state index is 12.1. The molecule has 0 fully saturated rings. The third-order valence-electron chi connectivity index (χ3n) is 3.46. The van der Waals surface area contributed by atoms with Crippen molar-refractivity contribution in [2.45, 2.75) is 18.2 Å². The predicted molar refractivity (Wildman–Crippen MR) is 107 cm³/mol. The summed E-state index contributed by atoms with van der Waals surface area (Å²) in [5.41, 5.74) is 1.30. The molecular formula is C18H18Cl2N2O5S. The van der Waals surface area contributed by atoms with Crippen LogP contribution in [0.5, 0.6) is 0 Å². The van der Waals surface area contributed by atoms with Gasteiger partial charge in [0.2, 0.25) is 10.0 Å². The SMILES string of the molecule is Cc1ccc(S(=O)(=O)NCCC(=O)OCC(=O)Nc2cc(Cl)cc(Cl)c2)cc1. The molecule has 0 atom stereocenters. The number of esters is 1. The molecule has 150 valence electrons. The Labute approximate surface area is 173 Å². The number of hydrogen-bond donors (Lipinski definition) is 2. The highest BCUT2D eigenvalue weighted by molar-refractivity contribution is 7.89. The van der Waals surface area contributed by atoms with E-state index in [1.54, 1.807) is 12.1 Å². The Balaban J connectivity index is 1.75.